The molecular formula is C15H13BrN2. The summed E-state index contributed by atoms with van der Waals surface area (Å²) in [4.78, 5) is 4.34. The number of nitrogens with zero attached hydrogens (tertiary/aromatic N) is 1. The Balaban J connectivity index is 1.90. The van der Waals surface area contributed by atoms with Crippen molar-refractivity contribution in [1.82, 2.24) is 0 Å². The smallest absolute Gasteiger partial charge is 0.0771 e. The Morgan fingerprint density at radius 2 is 1.67 bits per heavy atom. The molecule has 1 N–H and O–H groups in total. The van der Waals surface area contributed by atoms with Crippen molar-refractivity contribution in [2.45, 2.75) is 0 Å². The van der Waals surface area contributed by atoms with Crippen LogP contribution >= 0.6 is 15.9 Å². The van der Waals surface area contributed by atoms with E-state index >= 15 is 0 Å². The zero-order valence-electron chi connectivity index (χ0n) is 9.75. The van der Waals surface area contributed by atoms with Crippen molar-refractivity contribution in [3.8, 4) is 0 Å². The summed E-state index contributed by atoms with van der Waals surface area (Å²) in [7, 11) is 0. The molecule has 18 heavy (non-hydrogen) atoms. The van der Waals surface area contributed by atoms with Crippen molar-refractivity contribution in [2.24, 2.45) is 4.99 Å². The minimum Gasteiger partial charge on any atom is -0.362 e. The van der Waals surface area contributed by atoms with E-state index in [9.17, 15) is 0 Å². The minimum absolute atomic E-state index is 0.918. The van der Waals surface area contributed by atoms with Crippen molar-refractivity contribution >= 4 is 33.5 Å². The fraction of sp³-hybridized carbons (Fsp3) is 0. The highest BCUT2D eigenvalue weighted by molar-refractivity contribution is 9.10. The number of nitrogens with one attached hydrogen (secondary N) is 1. The largest absolute Gasteiger partial charge is 0.362 e. The predicted octanol–water partition coefficient (Wildman–Crippen LogP) is 4.78. The molecule has 0 fully saturated rings. The molecule has 2 nitrogen and oxygen atoms in total. The van der Waals surface area contributed by atoms with Crippen LogP contribution in [0.1, 0.15) is 0 Å². The van der Waals surface area contributed by atoms with Crippen LogP contribution in [0.15, 0.2) is 76.3 Å². The van der Waals surface area contributed by atoms with Crippen LogP contribution < -0.4 is 5.32 Å². The predicted molar refractivity (Wildman–Crippen MR) is 81.5 cm³/mol. The van der Waals surface area contributed by atoms with Gasteiger partial charge in [-0.2, -0.15) is 0 Å². The molecule has 0 saturated carbocycles. The first-order valence-corrected chi connectivity index (χ1v) is 6.41. The number of allylic oxidation sites excluding steroid dienone is 1. The maximum atomic E-state index is 4.34. The molecule has 0 bridgehead atoms. The molecule has 0 radical (unpaired) electrons. The van der Waals surface area contributed by atoms with Crippen molar-refractivity contribution in [1.29, 1.82) is 0 Å². The van der Waals surface area contributed by atoms with Crippen LogP contribution in [0.4, 0.5) is 11.4 Å². The van der Waals surface area contributed by atoms with Crippen molar-refractivity contribution < 1.29 is 0 Å². The Hall–Kier alpha value is -1.87. The molecule has 0 spiro atoms. The van der Waals surface area contributed by atoms with Gasteiger partial charge in [0.25, 0.3) is 0 Å². The van der Waals surface area contributed by atoms with Gasteiger partial charge in [-0.25, -0.2) is 0 Å². The van der Waals surface area contributed by atoms with E-state index in [-0.39, 0.29) is 0 Å². The van der Waals surface area contributed by atoms with E-state index in [1.54, 1.807) is 6.21 Å². The summed E-state index contributed by atoms with van der Waals surface area (Å²) in [6.07, 6.45) is 5.48. The van der Waals surface area contributed by atoms with Crippen molar-refractivity contribution in [3.05, 3.63) is 71.3 Å². The maximum absolute atomic E-state index is 4.34. The van der Waals surface area contributed by atoms with Crippen LogP contribution in [-0.2, 0) is 0 Å². The summed E-state index contributed by atoms with van der Waals surface area (Å²) in [5, 5.41) is 3.16. The van der Waals surface area contributed by atoms with Crippen LogP contribution in [-0.4, -0.2) is 6.21 Å². The van der Waals surface area contributed by atoms with E-state index < -0.39 is 0 Å². The SMILES string of the molecule is Brc1ccccc1N=CC=CNc1ccccc1. The quantitative estimate of drug-likeness (QED) is 0.808. The van der Waals surface area contributed by atoms with Gasteiger partial charge in [0.15, 0.2) is 0 Å². The molecule has 0 aliphatic heterocycles. The first-order valence-electron chi connectivity index (χ1n) is 5.61. The number of aliphatic imine (C=N–C) groups is 1. The number of halogens is 1. The third-order valence-corrected chi connectivity index (χ3v) is 2.94. The molecule has 0 aliphatic carbocycles. The Bertz CT molecular complexity index is 547. The first kappa shape index (κ1) is 12.6. The molecule has 0 amide bonds. The van der Waals surface area contributed by atoms with Crippen LogP contribution in [0, 0.1) is 0 Å². The van der Waals surface area contributed by atoms with Gasteiger partial charge in [-0.1, -0.05) is 30.3 Å². The second-order valence-electron chi connectivity index (χ2n) is 3.60. The lowest BCUT2D eigenvalue weighted by atomic mass is 10.3. The summed E-state index contributed by atoms with van der Waals surface area (Å²) >= 11 is 3.45. The summed E-state index contributed by atoms with van der Waals surface area (Å²) in [6.45, 7) is 0. The van der Waals surface area contributed by atoms with E-state index in [2.05, 4.69) is 26.2 Å². The first-order chi connectivity index (χ1) is 8.86. The fourth-order valence-electron chi connectivity index (χ4n) is 1.40. The molecule has 2 rings (SSSR count). The van der Waals surface area contributed by atoms with Gasteiger partial charge in [-0.15, -0.1) is 0 Å². The average molecular weight is 301 g/mol. The van der Waals surface area contributed by atoms with Crippen LogP contribution in [0.3, 0.4) is 0 Å². The molecule has 0 aliphatic rings. The summed E-state index contributed by atoms with van der Waals surface area (Å²) in [5.41, 5.74) is 1.98. The van der Waals surface area contributed by atoms with E-state index in [4.69, 9.17) is 0 Å². The van der Waals surface area contributed by atoms with Gasteiger partial charge in [0, 0.05) is 22.6 Å². The molecule has 3 heteroatoms. The summed E-state index contributed by atoms with van der Waals surface area (Å²) in [6, 6.07) is 17.8. The van der Waals surface area contributed by atoms with Crippen LogP contribution in [0.2, 0.25) is 0 Å². The van der Waals surface area contributed by atoms with Gasteiger partial charge in [0.1, 0.15) is 0 Å². The Morgan fingerprint density at radius 3 is 2.44 bits per heavy atom. The van der Waals surface area contributed by atoms with E-state index in [1.807, 2.05) is 66.9 Å². The molecule has 0 unspecified atom stereocenters. The highest BCUT2D eigenvalue weighted by Crippen LogP contribution is 2.23. The lowest BCUT2D eigenvalue weighted by molar-refractivity contribution is 1.50. The van der Waals surface area contributed by atoms with Crippen LogP contribution in [0.25, 0.3) is 0 Å². The Morgan fingerprint density at radius 1 is 0.944 bits per heavy atom. The second kappa shape index (κ2) is 6.77. The van der Waals surface area contributed by atoms with Crippen molar-refractivity contribution in [3.63, 3.8) is 0 Å². The third-order valence-electron chi connectivity index (χ3n) is 2.27. The number of benzene rings is 2. The lowest BCUT2D eigenvalue weighted by Gasteiger charge is -1.97. The fourth-order valence-corrected chi connectivity index (χ4v) is 1.79. The zero-order valence-corrected chi connectivity index (χ0v) is 11.3. The molecule has 90 valence electrons. The van der Waals surface area contributed by atoms with E-state index in [0.29, 0.717) is 0 Å². The van der Waals surface area contributed by atoms with E-state index in [1.165, 1.54) is 0 Å². The van der Waals surface area contributed by atoms with Gasteiger partial charge in [-0.05, 0) is 46.3 Å². The molecule has 2 aromatic carbocycles. The topological polar surface area (TPSA) is 24.4 Å². The maximum Gasteiger partial charge on any atom is 0.0771 e. The number of rotatable bonds is 4. The average Bonchev–Trinajstić information content (AvgIpc) is 2.42. The Kier molecular flexibility index (Phi) is 4.73. The van der Waals surface area contributed by atoms with Crippen LogP contribution in [0.5, 0.6) is 0 Å². The highest BCUT2D eigenvalue weighted by Gasteiger charge is 1.92. The number of anilines is 1. The van der Waals surface area contributed by atoms with Gasteiger partial charge in [-0.3, -0.25) is 4.99 Å². The highest BCUT2D eigenvalue weighted by atomic mass is 79.9. The van der Waals surface area contributed by atoms with Gasteiger partial charge in [0.05, 0.1) is 5.69 Å². The van der Waals surface area contributed by atoms with E-state index in [0.717, 1.165) is 15.8 Å². The second-order valence-corrected chi connectivity index (χ2v) is 4.45. The molecule has 2 aromatic rings. The monoisotopic (exact) mass is 300 g/mol. The number of para-hydroxylation sites is 2. The molecular weight excluding hydrogens is 288 g/mol. The number of hydrogen-bond donors (Lipinski definition) is 1. The van der Waals surface area contributed by atoms with Gasteiger partial charge in [0.2, 0.25) is 0 Å². The third kappa shape index (κ3) is 3.86. The lowest BCUT2D eigenvalue weighted by Crippen LogP contribution is -1.85. The standard InChI is InChI=1S/C15H13BrN2/c16-14-9-4-5-10-15(14)18-12-6-11-17-13-7-2-1-3-8-13/h1-12,17H. The molecule has 0 saturated heterocycles. The molecule has 0 aromatic heterocycles. The van der Waals surface area contributed by atoms with Gasteiger partial charge >= 0.3 is 0 Å². The van der Waals surface area contributed by atoms with Gasteiger partial charge < -0.3 is 5.32 Å². The zero-order chi connectivity index (χ0) is 12.6. The summed E-state index contributed by atoms with van der Waals surface area (Å²) < 4.78 is 0.991. The molecule has 0 heterocycles. The minimum atomic E-state index is 0.918. The number of hydrogen-bond acceptors (Lipinski definition) is 2. The molecule has 0 atom stereocenters. The normalized spacial score (nSPS) is 11.2. The van der Waals surface area contributed by atoms with Crippen molar-refractivity contribution in [2.75, 3.05) is 5.32 Å². The summed E-state index contributed by atoms with van der Waals surface area (Å²) in [5.74, 6) is 0. The Labute approximate surface area is 115 Å².